The Kier molecular flexibility index (Phi) is 4.45. The second-order valence-electron chi connectivity index (χ2n) is 4.10. The average molecular weight is 289 g/mol. The number of esters is 1. The van der Waals surface area contributed by atoms with E-state index in [1.54, 1.807) is 25.3 Å². The summed E-state index contributed by atoms with van der Waals surface area (Å²) in [6.45, 7) is 2.01. The van der Waals surface area contributed by atoms with Gasteiger partial charge in [0.2, 0.25) is 0 Å². The number of phenols is 2. The molecule has 4 N–H and O–H groups in total. The summed E-state index contributed by atoms with van der Waals surface area (Å²) >= 11 is 0. The number of hydrogen-bond acceptors (Lipinski definition) is 6. The summed E-state index contributed by atoms with van der Waals surface area (Å²) in [5.74, 6) is -0.443. The monoisotopic (exact) mass is 289 g/mol. The summed E-state index contributed by atoms with van der Waals surface area (Å²) in [5, 5.41) is 27.9. The van der Waals surface area contributed by atoms with Crippen molar-refractivity contribution in [3.05, 3.63) is 41.7 Å². The first kappa shape index (κ1) is 14.4. The van der Waals surface area contributed by atoms with Crippen LogP contribution in [0.2, 0.25) is 0 Å². The average Bonchev–Trinajstić information content (AvgIpc) is 2.91. The van der Waals surface area contributed by atoms with Crippen molar-refractivity contribution in [2.75, 3.05) is 11.9 Å². The van der Waals surface area contributed by atoms with E-state index in [1.807, 2.05) is 0 Å². The molecule has 110 valence electrons. The Bertz CT molecular complexity index is 664. The van der Waals surface area contributed by atoms with Crippen LogP contribution in [0.3, 0.4) is 0 Å². The minimum absolute atomic E-state index is 0.182. The van der Waals surface area contributed by atoms with Gasteiger partial charge in [-0.15, -0.1) is 0 Å². The van der Waals surface area contributed by atoms with Crippen LogP contribution in [0.4, 0.5) is 5.82 Å². The highest BCUT2D eigenvalue weighted by Gasteiger charge is 2.13. The summed E-state index contributed by atoms with van der Waals surface area (Å²) in [6, 6.07) is 4.43. The standard InChI is InChI=1S/C14H15N3O4/c1-2-21-14(20)10-8-16-17-13(10)15-6-5-9-3-4-11(18)12(19)7-9/h3-8,18-19H,2H2,1H3,(H2,15,16,17). The molecule has 0 saturated heterocycles. The molecule has 1 aromatic heterocycles. The number of benzene rings is 1. The number of hydrogen-bond donors (Lipinski definition) is 4. The van der Waals surface area contributed by atoms with Gasteiger partial charge in [0.15, 0.2) is 11.5 Å². The Hall–Kier alpha value is -2.96. The molecule has 0 aliphatic heterocycles. The number of H-pyrrole nitrogens is 1. The van der Waals surface area contributed by atoms with Crippen molar-refractivity contribution in [1.82, 2.24) is 10.2 Å². The van der Waals surface area contributed by atoms with E-state index in [4.69, 9.17) is 4.74 Å². The molecule has 21 heavy (non-hydrogen) atoms. The van der Waals surface area contributed by atoms with Crippen molar-refractivity contribution in [2.45, 2.75) is 6.92 Å². The topological polar surface area (TPSA) is 107 Å². The fourth-order valence-corrected chi connectivity index (χ4v) is 1.63. The molecular weight excluding hydrogens is 274 g/mol. The van der Waals surface area contributed by atoms with Crippen molar-refractivity contribution in [3.63, 3.8) is 0 Å². The number of phenolic OH excluding ortho intramolecular Hbond substituents is 2. The summed E-state index contributed by atoms with van der Waals surface area (Å²) < 4.78 is 4.90. The van der Waals surface area contributed by atoms with Crippen LogP contribution in [0.1, 0.15) is 22.8 Å². The van der Waals surface area contributed by atoms with Crippen LogP contribution in [0.25, 0.3) is 6.08 Å². The molecule has 0 spiro atoms. The van der Waals surface area contributed by atoms with Crippen LogP contribution in [-0.4, -0.2) is 33.0 Å². The van der Waals surface area contributed by atoms with Gasteiger partial charge in [-0.2, -0.15) is 5.10 Å². The molecule has 0 atom stereocenters. The number of nitrogens with zero attached hydrogens (tertiary/aromatic N) is 1. The quantitative estimate of drug-likeness (QED) is 0.496. The van der Waals surface area contributed by atoms with E-state index >= 15 is 0 Å². The molecule has 2 aromatic rings. The highest BCUT2D eigenvalue weighted by atomic mass is 16.5. The fraction of sp³-hybridized carbons (Fsp3) is 0.143. The zero-order valence-electron chi connectivity index (χ0n) is 11.3. The zero-order valence-corrected chi connectivity index (χ0v) is 11.3. The van der Waals surface area contributed by atoms with Crippen LogP contribution in [0, 0.1) is 0 Å². The highest BCUT2D eigenvalue weighted by Crippen LogP contribution is 2.25. The van der Waals surface area contributed by atoms with E-state index in [0.29, 0.717) is 16.9 Å². The minimum atomic E-state index is -0.468. The van der Waals surface area contributed by atoms with Gasteiger partial charge in [0.05, 0.1) is 12.8 Å². The van der Waals surface area contributed by atoms with Crippen LogP contribution in [0.15, 0.2) is 30.6 Å². The normalized spacial score (nSPS) is 10.7. The lowest BCUT2D eigenvalue weighted by atomic mass is 10.2. The third kappa shape index (κ3) is 3.53. The summed E-state index contributed by atoms with van der Waals surface area (Å²) in [4.78, 5) is 11.6. The lowest BCUT2D eigenvalue weighted by molar-refractivity contribution is 0.0527. The van der Waals surface area contributed by atoms with Gasteiger partial charge in [-0.05, 0) is 30.7 Å². The first-order chi connectivity index (χ1) is 10.1. The molecule has 0 bridgehead atoms. The molecule has 0 aliphatic rings. The van der Waals surface area contributed by atoms with Crippen molar-refractivity contribution in [2.24, 2.45) is 0 Å². The molecule has 7 heteroatoms. The summed E-state index contributed by atoms with van der Waals surface area (Å²) in [5.41, 5.74) is 0.977. The number of nitrogens with one attached hydrogen (secondary N) is 2. The van der Waals surface area contributed by atoms with Crippen molar-refractivity contribution < 1.29 is 19.7 Å². The largest absolute Gasteiger partial charge is 0.504 e. The molecule has 2 rings (SSSR count). The first-order valence-corrected chi connectivity index (χ1v) is 6.27. The van der Waals surface area contributed by atoms with E-state index in [2.05, 4.69) is 15.5 Å². The van der Waals surface area contributed by atoms with Crippen LogP contribution >= 0.6 is 0 Å². The molecule has 0 saturated carbocycles. The maximum absolute atomic E-state index is 11.6. The molecule has 0 fully saturated rings. The second kappa shape index (κ2) is 6.47. The lowest BCUT2D eigenvalue weighted by Gasteiger charge is -2.02. The van der Waals surface area contributed by atoms with Gasteiger partial charge in [0, 0.05) is 6.20 Å². The highest BCUT2D eigenvalue weighted by molar-refractivity contribution is 5.94. The van der Waals surface area contributed by atoms with Crippen molar-refractivity contribution in [1.29, 1.82) is 0 Å². The number of carbonyl (C=O) groups excluding carboxylic acids is 1. The van der Waals surface area contributed by atoms with E-state index in [0.717, 1.165) is 0 Å². The van der Waals surface area contributed by atoms with Crippen LogP contribution in [0.5, 0.6) is 11.5 Å². The predicted molar refractivity (Wildman–Crippen MR) is 77.0 cm³/mol. The predicted octanol–water partition coefficient (Wildman–Crippen LogP) is 2.08. The fourth-order valence-electron chi connectivity index (χ4n) is 1.63. The van der Waals surface area contributed by atoms with Gasteiger partial charge in [0.1, 0.15) is 11.4 Å². The van der Waals surface area contributed by atoms with Crippen molar-refractivity contribution >= 4 is 17.9 Å². The number of aromatic hydroxyl groups is 2. The van der Waals surface area contributed by atoms with Gasteiger partial charge >= 0.3 is 5.97 Å². The number of rotatable bonds is 5. The molecule has 1 aromatic carbocycles. The Balaban J connectivity index is 2.06. The summed E-state index contributed by atoms with van der Waals surface area (Å²) in [7, 11) is 0. The third-order valence-corrected chi connectivity index (χ3v) is 2.64. The van der Waals surface area contributed by atoms with Crippen LogP contribution < -0.4 is 5.32 Å². The van der Waals surface area contributed by atoms with Gasteiger partial charge in [-0.1, -0.05) is 6.07 Å². The van der Waals surface area contributed by atoms with Crippen molar-refractivity contribution in [3.8, 4) is 11.5 Å². The number of anilines is 1. The first-order valence-electron chi connectivity index (χ1n) is 6.27. The Morgan fingerprint density at radius 1 is 1.43 bits per heavy atom. The lowest BCUT2D eigenvalue weighted by Crippen LogP contribution is -2.06. The molecule has 0 unspecified atom stereocenters. The van der Waals surface area contributed by atoms with E-state index in [-0.39, 0.29) is 18.1 Å². The number of ether oxygens (including phenoxy) is 1. The minimum Gasteiger partial charge on any atom is -0.504 e. The molecular formula is C14H15N3O4. The molecule has 0 amide bonds. The maximum Gasteiger partial charge on any atom is 0.343 e. The Labute approximate surface area is 120 Å². The van der Waals surface area contributed by atoms with E-state index < -0.39 is 5.97 Å². The Morgan fingerprint density at radius 3 is 2.95 bits per heavy atom. The van der Waals surface area contributed by atoms with Gasteiger partial charge in [-0.25, -0.2) is 4.79 Å². The smallest absolute Gasteiger partial charge is 0.343 e. The third-order valence-electron chi connectivity index (χ3n) is 2.64. The molecule has 0 aliphatic carbocycles. The number of aromatic nitrogens is 2. The zero-order chi connectivity index (χ0) is 15.2. The van der Waals surface area contributed by atoms with Gasteiger partial charge < -0.3 is 20.3 Å². The SMILES string of the molecule is CCOC(=O)c1cn[nH]c1NC=Cc1ccc(O)c(O)c1. The van der Waals surface area contributed by atoms with Crippen LogP contribution in [-0.2, 0) is 4.74 Å². The molecule has 7 nitrogen and oxygen atoms in total. The molecule has 0 radical (unpaired) electrons. The van der Waals surface area contributed by atoms with E-state index in [9.17, 15) is 15.0 Å². The second-order valence-corrected chi connectivity index (χ2v) is 4.10. The molecule has 1 heterocycles. The number of carbonyl (C=O) groups is 1. The van der Waals surface area contributed by atoms with Gasteiger partial charge in [-0.3, -0.25) is 5.10 Å². The Morgan fingerprint density at radius 2 is 2.24 bits per heavy atom. The summed E-state index contributed by atoms with van der Waals surface area (Å²) in [6.07, 6.45) is 4.61. The number of aromatic amines is 1. The van der Waals surface area contributed by atoms with E-state index in [1.165, 1.54) is 18.3 Å². The van der Waals surface area contributed by atoms with Gasteiger partial charge in [0.25, 0.3) is 0 Å². The maximum atomic E-state index is 11.6.